The fourth-order valence-corrected chi connectivity index (χ4v) is 2.38. The maximum Gasteiger partial charge on any atom is 0.161 e. The largest absolute Gasteiger partial charge is 0.486 e. The lowest BCUT2D eigenvalue weighted by molar-refractivity contribution is 0.171. The maximum atomic E-state index is 6.30. The molecule has 0 saturated carbocycles. The monoisotopic (exact) mass is 234 g/mol. The molecule has 1 unspecified atom stereocenters. The van der Waals surface area contributed by atoms with E-state index in [1.807, 2.05) is 12.1 Å². The second-order valence-corrected chi connectivity index (χ2v) is 4.80. The minimum absolute atomic E-state index is 0.0899. The van der Waals surface area contributed by atoms with Crippen molar-refractivity contribution in [3.63, 3.8) is 0 Å². The number of hydrogen-bond donors (Lipinski definition) is 2. The van der Waals surface area contributed by atoms with Crippen molar-refractivity contribution in [2.75, 3.05) is 26.3 Å². The zero-order valence-electron chi connectivity index (χ0n) is 10.0. The molecule has 0 aliphatic carbocycles. The van der Waals surface area contributed by atoms with Gasteiger partial charge in [0.05, 0.1) is 0 Å². The molecule has 0 spiro atoms. The van der Waals surface area contributed by atoms with E-state index in [4.69, 9.17) is 15.2 Å². The highest BCUT2D eigenvalue weighted by atomic mass is 16.6. The van der Waals surface area contributed by atoms with Crippen LogP contribution in [0.1, 0.15) is 17.2 Å². The lowest BCUT2D eigenvalue weighted by atomic mass is 9.87. The topological polar surface area (TPSA) is 56.5 Å². The molecule has 2 aliphatic rings. The van der Waals surface area contributed by atoms with E-state index in [9.17, 15) is 0 Å². The van der Waals surface area contributed by atoms with E-state index < -0.39 is 0 Å². The first-order valence-corrected chi connectivity index (χ1v) is 6.12. The Balaban J connectivity index is 1.92. The van der Waals surface area contributed by atoms with Crippen LogP contribution in [0.3, 0.4) is 0 Å². The fourth-order valence-electron chi connectivity index (χ4n) is 2.38. The molecule has 2 aliphatic heterocycles. The zero-order chi connectivity index (χ0) is 11.8. The van der Waals surface area contributed by atoms with Gasteiger partial charge in [-0.15, -0.1) is 0 Å². The van der Waals surface area contributed by atoms with Gasteiger partial charge in [-0.2, -0.15) is 0 Å². The first-order valence-electron chi connectivity index (χ1n) is 6.12. The number of ether oxygens (including phenoxy) is 2. The number of benzene rings is 1. The third kappa shape index (κ3) is 1.87. The van der Waals surface area contributed by atoms with Crippen LogP contribution in [0.25, 0.3) is 0 Å². The second kappa shape index (κ2) is 4.20. The summed E-state index contributed by atoms with van der Waals surface area (Å²) in [6, 6.07) is 4.18. The lowest BCUT2D eigenvalue weighted by Crippen LogP contribution is -2.47. The van der Waals surface area contributed by atoms with Crippen molar-refractivity contribution >= 4 is 0 Å². The van der Waals surface area contributed by atoms with E-state index in [0.717, 1.165) is 24.6 Å². The minimum atomic E-state index is 0.0899. The highest BCUT2D eigenvalue weighted by Crippen LogP contribution is 2.36. The van der Waals surface area contributed by atoms with E-state index >= 15 is 0 Å². The average Bonchev–Trinajstić information content (AvgIpc) is 2.25. The number of nitrogens with one attached hydrogen (secondary N) is 1. The minimum Gasteiger partial charge on any atom is -0.486 e. The Morgan fingerprint density at radius 1 is 1.24 bits per heavy atom. The standard InChI is InChI=1S/C13H18N2O2/c1-8-4-11-12(17-3-2-16-11)5-10(8)13(14)9-6-15-7-9/h4-5,9,13,15H,2-3,6-7,14H2,1H3. The predicted octanol–water partition coefficient (Wildman–Crippen LogP) is 0.985. The first-order chi connectivity index (χ1) is 8.25. The summed E-state index contributed by atoms with van der Waals surface area (Å²) in [5, 5.41) is 3.26. The molecule has 0 amide bonds. The van der Waals surface area contributed by atoms with Crippen molar-refractivity contribution < 1.29 is 9.47 Å². The summed E-state index contributed by atoms with van der Waals surface area (Å²) in [4.78, 5) is 0. The van der Waals surface area contributed by atoms with Crippen molar-refractivity contribution in [1.29, 1.82) is 0 Å². The third-order valence-electron chi connectivity index (χ3n) is 3.61. The fraction of sp³-hybridized carbons (Fsp3) is 0.538. The zero-order valence-corrected chi connectivity index (χ0v) is 10.0. The third-order valence-corrected chi connectivity index (χ3v) is 3.61. The molecule has 1 aromatic rings. The molecule has 2 heterocycles. The second-order valence-electron chi connectivity index (χ2n) is 4.80. The highest BCUT2D eigenvalue weighted by molar-refractivity contribution is 5.49. The van der Waals surface area contributed by atoms with Crippen LogP contribution >= 0.6 is 0 Å². The smallest absolute Gasteiger partial charge is 0.161 e. The molecule has 92 valence electrons. The van der Waals surface area contributed by atoms with Gasteiger partial charge in [-0.25, -0.2) is 0 Å². The molecular weight excluding hydrogens is 216 g/mol. The summed E-state index contributed by atoms with van der Waals surface area (Å²) in [6.07, 6.45) is 0. The molecule has 4 nitrogen and oxygen atoms in total. The predicted molar refractivity (Wildman–Crippen MR) is 65.5 cm³/mol. The molecule has 3 N–H and O–H groups in total. The van der Waals surface area contributed by atoms with Gasteiger partial charge in [0.15, 0.2) is 11.5 Å². The van der Waals surface area contributed by atoms with Crippen molar-refractivity contribution in [1.82, 2.24) is 5.32 Å². The Bertz CT molecular complexity index is 430. The van der Waals surface area contributed by atoms with Crippen LogP contribution in [-0.4, -0.2) is 26.3 Å². The normalized spacial score (nSPS) is 20.8. The summed E-state index contributed by atoms with van der Waals surface area (Å²) in [6.45, 7) is 5.35. The number of aryl methyl sites for hydroxylation is 1. The number of rotatable bonds is 2. The van der Waals surface area contributed by atoms with Crippen molar-refractivity contribution in [2.45, 2.75) is 13.0 Å². The lowest BCUT2D eigenvalue weighted by Gasteiger charge is -2.34. The van der Waals surface area contributed by atoms with E-state index in [-0.39, 0.29) is 6.04 Å². The summed E-state index contributed by atoms with van der Waals surface area (Å²) in [7, 11) is 0. The molecule has 1 aromatic carbocycles. The Kier molecular flexibility index (Phi) is 2.68. The average molecular weight is 234 g/mol. The number of hydrogen-bond acceptors (Lipinski definition) is 4. The van der Waals surface area contributed by atoms with Gasteiger partial charge in [-0.05, 0) is 30.2 Å². The van der Waals surface area contributed by atoms with Gasteiger partial charge >= 0.3 is 0 Å². The molecular formula is C13H18N2O2. The molecule has 0 aromatic heterocycles. The SMILES string of the molecule is Cc1cc2c(cc1C(N)C1CNC1)OCCO2. The number of fused-ring (bicyclic) bond motifs is 1. The summed E-state index contributed by atoms with van der Waals surface area (Å²) in [5.74, 6) is 2.22. The van der Waals surface area contributed by atoms with Crippen LogP contribution in [0, 0.1) is 12.8 Å². The Morgan fingerprint density at radius 2 is 1.88 bits per heavy atom. The van der Waals surface area contributed by atoms with Crippen LogP contribution in [0.5, 0.6) is 11.5 Å². The molecule has 1 saturated heterocycles. The van der Waals surface area contributed by atoms with Gasteiger partial charge in [0, 0.05) is 25.0 Å². The molecule has 4 heteroatoms. The Morgan fingerprint density at radius 3 is 2.47 bits per heavy atom. The highest BCUT2D eigenvalue weighted by Gasteiger charge is 2.27. The molecule has 17 heavy (non-hydrogen) atoms. The van der Waals surface area contributed by atoms with Gasteiger partial charge in [-0.3, -0.25) is 0 Å². The van der Waals surface area contributed by atoms with Gasteiger partial charge in [0.2, 0.25) is 0 Å². The van der Waals surface area contributed by atoms with Crippen LogP contribution in [0.15, 0.2) is 12.1 Å². The quantitative estimate of drug-likeness (QED) is 0.801. The first kappa shape index (κ1) is 10.9. The molecule has 0 radical (unpaired) electrons. The Hall–Kier alpha value is -1.26. The van der Waals surface area contributed by atoms with Crippen molar-refractivity contribution in [2.24, 2.45) is 11.7 Å². The van der Waals surface area contributed by atoms with Gasteiger partial charge in [-0.1, -0.05) is 0 Å². The van der Waals surface area contributed by atoms with E-state index in [0.29, 0.717) is 19.1 Å². The van der Waals surface area contributed by atoms with Crippen LogP contribution < -0.4 is 20.5 Å². The van der Waals surface area contributed by atoms with Gasteiger partial charge in [0.1, 0.15) is 13.2 Å². The van der Waals surface area contributed by atoms with E-state index in [1.54, 1.807) is 0 Å². The summed E-state index contributed by atoms with van der Waals surface area (Å²) >= 11 is 0. The van der Waals surface area contributed by atoms with Crippen LogP contribution in [0.2, 0.25) is 0 Å². The van der Waals surface area contributed by atoms with Gasteiger partial charge in [0.25, 0.3) is 0 Å². The van der Waals surface area contributed by atoms with E-state index in [1.165, 1.54) is 11.1 Å². The van der Waals surface area contributed by atoms with E-state index in [2.05, 4.69) is 12.2 Å². The Labute approximate surface area is 101 Å². The maximum absolute atomic E-state index is 6.30. The molecule has 0 bridgehead atoms. The van der Waals surface area contributed by atoms with Gasteiger partial charge < -0.3 is 20.5 Å². The summed E-state index contributed by atoms with van der Waals surface area (Å²) < 4.78 is 11.2. The van der Waals surface area contributed by atoms with Crippen LogP contribution in [0.4, 0.5) is 0 Å². The molecule has 1 fully saturated rings. The van der Waals surface area contributed by atoms with Crippen molar-refractivity contribution in [3.8, 4) is 11.5 Å². The summed E-state index contributed by atoms with van der Waals surface area (Å²) in [5.41, 5.74) is 8.67. The number of nitrogens with two attached hydrogens (primary N) is 1. The molecule has 1 atom stereocenters. The van der Waals surface area contributed by atoms with Crippen LogP contribution in [-0.2, 0) is 0 Å². The van der Waals surface area contributed by atoms with Crippen molar-refractivity contribution in [3.05, 3.63) is 23.3 Å². The molecule has 3 rings (SSSR count).